The van der Waals surface area contributed by atoms with Crippen LogP contribution in [0.5, 0.6) is 5.75 Å². The molecule has 3 rings (SSSR count). The van der Waals surface area contributed by atoms with Crippen LogP contribution >= 0.6 is 0 Å². The van der Waals surface area contributed by atoms with Crippen LogP contribution < -0.4 is 10.1 Å². The van der Waals surface area contributed by atoms with E-state index in [9.17, 15) is 27.9 Å². The molecule has 2 heterocycles. The van der Waals surface area contributed by atoms with Gasteiger partial charge in [0, 0.05) is 25.3 Å². The summed E-state index contributed by atoms with van der Waals surface area (Å²) in [4.78, 5) is 28.7. The van der Waals surface area contributed by atoms with Gasteiger partial charge in [0.2, 0.25) is 0 Å². The van der Waals surface area contributed by atoms with Gasteiger partial charge in [-0.3, -0.25) is 4.79 Å². The van der Waals surface area contributed by atoms with Crippen molar-refractivity contribution in [2.45, 2.75) is 24.9 Å². The van der Waals surface area contributed by atoms with Gasteiger partial charge in [-0.05, 0) is 18.6 Å². The number of amides is 2. The van der Waals surface area contributed by atoms with E-state index in [1.165, 1.54) is 30.3 Å². The molecule has 12 heteroatoms. The Labute approximate surface area is 168 Å². The van der Waals surface area contributed by atoms with E-state index in [2.05, 4.69) is 15.0 Å². The Bertz CT molecular complexity index is 917. The van der Waals surface area contributed by atoms with Gasteiger partial charge in [0.05, 0.1) is 18.8 Å². The number of rotatable bonds is 6. The summed E-state index contributed by atoms with van der Waals surface area (Å²) in [5.74, 6) is -1.34. The molecule has 0 spiro atoms. The zero-order valence-electron chi connectivity index (χ0n) is 15.7. The predicted octanol–water partition coefficient (Wildman–Crippen LogP) is 2.74. The maximum atomic E-state index is 12.4. The second-order valence-electron chi connectivity index (χ2n) is 6.56. The van der Waals surface area contributed by atoms with Crippen molar-refractivity contribution >= 4 is 12.0 Å². The molecule has 2 atom stereocenters. The highest BCUT2D eigenvalue weighted by atomic mass is 19.4. The lowest BCUT2D eigenvalue weighted by Crippen LogP contribution is -2.39. The van der Waals surface area contributed by atoms with E-state index in [0.29, 0.717) is 6.42 Å². The molecule has 2 N–H and O–H groups in total. The molecule has 30 heavy (non-hydrogen) atoms. The second-order valence-corrected chi connectivity index (χ2v) is 6.56. The fraction of sp³-hybridized carbons (Fsp3) is 0.389. The highest BCUT2D eigenvalue weighted by Crippen LogP contribution is 2.28. The number of hydrogen-bond donors (Lipinski definition) is 2. The number of aromatic nitrogens is 1. The van der Waals surface area contributed by atoms with Gasteiger partial charge < -0.3 is 29.2 Å². The number of carbonyl (C=O) groups is 2. The summed E-state index contributed by atoms with van der Waals surface area (Å²) in [6, 6.07) is 4.19. The third-order valence-electron chi connectivity index (χ3n) is 4.41. The summed E-state index contributed by atoms with van der Waals surface area (Å²) in [7, 11) is 1.45. The van der Waals surface area contributed by atoms with Gasteiger partial charge in [0.15, 0.2) is 5.76 Å². The lowest BCUT2D eigenvalue weighted by molar-refractivity contribution is -0.274. The first kappa shape index (κ1) is 21.4. The van der Waals surface area contributed by atoms with Crippen molar-refractivity contribution in [3.8, 4) is 17.1 Å². The van der Waals surface area contributed by atoms with Gasteiger partial charge >= 0.3 is 18.4 Å². The topological polar surface area (TPSA) is 114 Å². The number of carboxylic acid groups (broad SMARTS) is 1. The third kappa shape index (κ3) is 5.20. The van der Waals surface area contributed by atoms with Crippen LogP contribution in [0.4, 0.5) is 18.0 Å². The maximum Gasteiger partial charge on any atom is 0.573 e. The molecular weight excluding hydrogens is 411 g/mol. The second kappa shape index (κ2) is 8.61. The van der Waals surface area contributed by atoms with Crippen LogP contribution in [0.1, 0.15) is 17.1 Å². The SMILES string of the molecule is COC[C@H]1C[C@@H](NC(=O)c2ncc(-c3cccc(OC(F)(F)F)c3)o2)CN1C(=O)O. The summed E-state index contributed by atoms with van der Waals surface area (Å²) >= 11 is 0. The molecule has 2 aromatic rings. The van der Waals surface area contributed by atoms with Crippen molar-refractivity contribution in [2.75, 3.05) is 20.3 Å². The van der Waals surface area contributed by atoms with Crippen molar-refractivity contribution in [3.63, 3.8) is 0 Å². The first-order valence-electron chi connectivity index (χ1n) is 8.77. The highest BCUT2D eigenvalue weighted by Gasteiger charge is 2.36. The smallest absolute Gasteiger partial charge is 0.465 e. The third-order valence-corrected chi connectivity index (χ3v) is 4.41. The molecule has 0 bridgehead atoms. The number of benzene rings is 1. The van der Waals surface area contributed by atoms with Gasteiger partial charge in [-0.2, -0.15) is 0 Å². The van der Waals surface area contributed by atoms with Crippen molar-refractivity contribution in [1.82, 2.24) is 15.2 Å². The minimum atomic E-state index is -4.84. The van der Waals surface area contributed by atoms with Gasteiger partial charge in [-0.15, -0.1) is 13.2 Å². The fourth-order valence-electron chi connectivity index (χ4n) is 3.21. The quantitative estimate of drug-likeness (QED) is 0.726. The summed E-state index contributed by atoms with van der Waals surface area (Å²) < 4.78 is 51.4. The van der Waals surface area contributed by atoms with Crippen LogP contribution in [-0.2, 0) is 4.74 Å². The van der Waals surface area contributed by atoms with Gasteiger partial charge in [0.25, 0.3) is 5.89 Å². The van der Waals surface area contributed by atoms with E-state index < -0.39 is 36.2 Å². The average molecular weight is 429 g/mol. The van der Waals surface area contributed by atoms with Crippen molar-refractivity contribution in [3.05, 3.63) is 36.4 Å². The Kier molecular flexibility index (Phi) is 6.15. The van der Waals surface area contributed by atoms with Crippen LogP contribution in [0, 0.1) is 0 Å². The minimum absolute atomic E-state index is 0.0728. The summed E-state index contributed by atoms with van der Waals surface area (Å²) in [5, 5.41) is 11.9. The molecule has 0 radical (unpaired) electrons. The van der Waals surface area contributed by atoms with Gasteiger partial charge in [-0.25, -0.2) is 9.78 Å². The number of methoxy groups -OCH3 is 1. The van der Waals surface area contributed by atoms with Gasteiger partial charge in [0.1, 0.15) is 5.75 Å². The van der Waals surface area contributed by atoms with Crippen molar-refractivity contribution < 1.29 is 41.8 Å². The van der Waals surface area contributed by atoms with E-state index in [4.69, 9.17) is 9.15 Å². The Morgan fingerprint density at radius 3 is 2.83 bits per heavy atom. The molecule has 1 aliphatic rings. The Morgan fingerprint density at radius 2 is 2.17 bits per heavy atom. The first-order chi connectivity index (χ1) is 14.2. The number of alkyl halides is 3. The molecule has 0 aliphatic carbocycles. The first-order valence-corrected chi connectivity index (χ1v) is 8.77. The molecule has 2 amide bonds. The Balaban J connectivity index is 1.67. The molecule has 162 valence electrons. The number of nitrogens with one attached hydrogen (secondary N) is 1. The van der Waals surface area contributed by atoms with E-state index in [-0.39, 0.29) is 30.4 Å². The molecule has 0 saturated carbocycles. The van der Waals surface area contributed by atoms with Crippen LogP contribution in [-0.4, -0.2) is 65.7 Å². The average Bonchev–Trinajstić information content (AvgIpc) is 3.28. The van der Waals surface area contributed by atoms with E-state index in [0.717, 1.165) is 12.1 Å². The molecular formula is C18H18F3N3O6. The molecule has 1 aromatic carbocycles. The van der Waals surface area contributed by atoms with Crippen LogP contribution in [0.2, 0.25) is 0 Å². The normalized spacial score (nSPS) is 19.0. The van der Waals surface area contributed by atoms with Crippen LogP contribution in [0.3, 0.4) is 0 Å². The number of ether oxygens (including phenoxy) is 2. The molecule has 1 saturated heterocycles. The van der Waals surface area contributed by atoms with Crippen molar-refractivity contribution in [2.24, 2.45) is 0 Å². The molecule has 1 aromatic heterocycles. The lowest BCUT2D eigenvalue weighted by atomic mass is 10.2. The Morgan fingerprint density at radius 1 is 1.40 bits per heavy atom. The minimum Gasteiger partial charge on any atom is -0.465 e. The number of likely N-dealkylation sites (tertiary alicyclic amines) is 1. The van der Waals surface area contributed by atoms with E-state index in [1.807, 2.05) is 0 Å². The molecule has 1 aliphatic heterocycles. The zero-order valence-corrected chi connectivity index (χ0v) is 15.7. The van der Waals surface area contributed by atoms with Crippen LogP contribution in [0.15, 0.2) is 34.9 Å². The fourth-order valence-corrected chi connectivity index (χ4v) is 3.21. The summed E-state index contributed by atoms with van der Waals surface area (Å²) in [6.45, 7) is 0.275. The largest absolute Gasteiger partial charge is 0.573 e. The lowest BCUT2D eigenvalue weighted by Gasteiger charge is -2.19. The number of halogens is 3. The van der Waals surface area contributed by atoms with Gasteiger partial charge in [-0.1, -0.05) is 12.1 Å². The highest BCUT2D eigenvalue weighted by molar-refractivity contribution is 5.90. The van der Waals surface area contributed by atoms with Crippen molar-refractivity contribution in [1.29, 1.82) is 0 Å². The monoisotopic (exact) mass is 429 g/mol. The predicted molar refractivity (Wildman–Crippen MR) is 94.9 cm³/mol. The standard InChI is InChI=1S/C18H18F3N3O6/c1-28-9-12-6-11(8-24(12)17(26)27)23-15(25)16-22-7-14(29-16)10-3-2-4-13(5-10)30-18(19,20)21/h2-5,7,11-12H,6,8-9H2,1H3,(H,23,25)(H,26,27)/t11-,12-/m1/s1. The number of nitrogens with zero attached hydrogens (tertiary/aromatic N) is 2. The number of oxazole rings is 1. The van der Waals surface area contributed by atoms with E-state index >= 15 is 0 Å². The number of hydrogen-bond acceptors (Lipinski definition) is 6. The van der Waals surface area contributed by atoms with E-state index in [1.54, 1.807) is 0 Å². The maximum absolute atomic E-state index is 12.4. The summed E-state index contributed by atoms with van der Waals surface area (Å²) in [6.07, 6.45) is -4.39. The summed E-state index contributed by atoms with van der Waals surface area (Å²) in [5.41, 5.74) is 0.237. The zero-order chi connectivity index (χ0) is 21.9. The molecule has 9 nitrogen and oxygen atoms in total. The molecule has 1 fully saturated rings. The molecule has 0 unspecified atom stereocenters. The Hall–Kier alpha value is -3.28. The van der Waals surface area contributed by atoms with Crippen LogP contribution in [0.25, 0.3) is 11.3 Å². The number of carbonyl (C=O) groups excluding carboxylic acids is 1.